The Kier molecular flexibility index (Phi) is 10.0. The average molecular weight is 547 g/mol. The highest BCUT2D eigenvalue weighted by Crippen LogP contribution is 2.42. The molecule has 1 heterocycles. The third-order valence-corrected chi connectivity index (χ3v) is 6.98. The van der Waals surface area contributed by atoms with Crippen molar-refractivity contribution >= 4 is 33.6 Å². The predicted octanol–water partition coefficient (Wildman–Crippen LogP) is 2.58. The van der Waals surface area contributed by atoms with Crippen LogP contribution in [0.25, 0.3) is 0 Å². The van der Waals surface area contributed by atoms with Crippen LogP contribution in [0.1, 0.15) is 46.6 Å². The van der Waals surface area contributed by atoms with Crippen LogP contribution in [0.4, 0.5) is 20.6 Å². The van der Waals surface area contributed by atoms with E-state index in [2.05, 4.69) is 23.9 Å². The van der Waals surface area contributed by atoms with Crippen LogP contribution >= 0.6 is 0 Å². The van der Waals surface area contributed by atoms with Crippen molar-refractivity contribution in [1.29, 1.82) is 0 Å². The van der Waals surface area contributed by atoms with Gasteiger partial charge in [-0.25, -0.2) is 18.2 Å². The highest BCUT2D eigenvalue weighted by Gasteiger charge is 2.37. The number of esters is 1. The number of halogens is 1. The number of fused-ring (bicyclic) bond motifs is 1. The monoisotopic (exact) mass is 546 g/mol. The number of hydrogen-bond acceptors (Lipinski definition) is 9. The SMILES string of the molecule is COC(=O)CN(c1c(OC)cc2c(c1F)CC(NCCC(C)C)CN2C)S(=O)(=O)NC(=O)OC(C)(C)C. The van der Waals surface area contributed by atoms with Crippen molar-refractivity contribution in [3.63, 3.8) is 0 Å². The van der Waals surface area contributed by atoms with Crippen LogP contribution in [-0.2, 0) is 30.9 Å². The van der Waals surface area contributed by atoms with E-state index >= 15 is 4.39 Å². The molecule has 0 saturated heterocycles. The van der Waals surface area contributed by atoms with E-state index in [0.29, 0.717) is 22.5 Å². The van der Waals surface area contributed by atoms with Crippen LogP contribution in [-0.4, -0.2) is 73.0 Å². The van der Waals surface area contributed by atoms with E-state index in [-0.39, 0.29) is 23.8 Å². The van der Waals surface area contributed by atoms with Gasteiger partial charge < -0.3 is 24.4 Å². The molecule has 0 aliphatic carbocycles. The zero-order chi connectivity index (χ0) is 28.1. The molecule has 210 valence electrons. The summed E-state index contributed by atoms with van der Waals surface area (Å²) in [6.45, 7) is 9.34. The predicted molar refractivity (Wildman–Crippen MR) is 139 cm³/mol. The van der Waals surface area contributed by atoms with Gasteiger partial charge in [0.1, 0.15) is 23.6 Å². The van der Waals surface area contributed by atoms with Crippen LogP contribution in [0, 0.1) is 11.7 Å². The highest BCUT2D eigenvalue weighted by atomic mass is 32.2. The Hall–Kier alpha value is -2.80. The fraction of sp³-hybridized carbons (Fsp3) is 0.667. The van der Waals surface area contributed by atoms with Crippen LogP contribution in [0.15, 0.2) is 6.07 Å². The number of amides is 1. The fourth-order valence-corrected chi connectivity index (χ4v) is 4.99. The summed E-state index contributed by atoms with van der Waals surface area (Å²) in [5.41, 5.74) is -0.715. The van der Waals surface area contributed by atoms with Gasteiger partial charge in [-0.1, -0.05) is 13.8 Å². The maximum absolute atomic E-state index is 16.2. The third-order valence-electron chi connectivity index (χ3n) is 5.66. The summed E-state index contributed by atoms with van der Waals surface area (Å²) in [4.78, 5) is 26.3. The topological polar surface area (TPSA) is 127 Å². The summed E-state index contributed by atoms with van der Waals surface area (Å²) in [5.74, 6) is -1.48. The van der Waals surface area contributed by atoms with Crippen molar-refractivity contribution in [2.24, 2.45) is 5.92 Å². The lowest BCUT2D eigenvalue weighted by molar-refractivity contribution is -0.138. The lowest BCUT2D eigenvalue weighted by Crippen LogP contribution is -2.48. The Labute approximate surface area is 218 Å². The van der Waals surface area contributed by atoms with Crippen LogP contribution in [0.2, 0.25) is 0 Å². The molecular formula is C24H39FN4O7S. The van der Waals surface area contributed by atoms with E-state index < -0.39 is 45.9 Å². The minimum Gasteiger partial charge on any atom is -0.494 e. The van der Waals surface area contributed by atoms with Gasteiger partial charge in [0.2, 0.25) is 0 Å². The molecule has 0 aromatic heterocycles. The second kappa shape index (κ2) is 12.2. The molecule has 1 atom stereocenters. The second-order valence-electron chi connectivity index (χ2n) is 10.3. The minimum absolute atomic E-state index is 0.0856. The average Bonchev–Trinajstić information content (AvgIpc) is 2.76. The van der Waals surface area contributed by atoms with Crippen molar-refractivity contribution < 1.29 is 36.6 Å². The van der Waals surface area contributed by atoms with E-state index in [1.165, 1.54) is 13.2 Å². The van der Waals surface area contributed by atoms with Gasteiger partial charge in [-0.05, 0) is 46.1 Å². The van der Waals surface area contributed by atoms with Gasteiger partial charge >= 0.3 is 22.3 Å². The first-order chi connectivity index (χ1) is 17.1. The van der Waals surface area contributed by atoms with Crippen LogP contribution in [0.5, 0.6) is 5.75 Å². The molecule has 1 aromatic rings. The molecule has 0 fully saturated rings. The maximum atomic E-state index is 16.2. The Morgan fingerprint density at radius 2 is 1.92 bits per heavy atom. The molecule has 1 unspecified atom stereocenters. The van der Waals surface area contributed by atoms with Gasteiger partial charge in [0.25, 0.3) is 0 Å². The minimum atomic E-state index is -4.83. The van der Waals surface area contributed by atoms with E-state index in [1.54, 1.807) is 32.5 Å². The Bertz CT molecular complexity index is 1090. The number of carbonyl (C=O) groups is 2. The number of hydrogen-bond donors (Lipinski definition) is 2. The number of nitrogens with one attached hydrogen (secondary N) is 2. The second-order valence-corrected chi connectivity index (χ2v) is 11.9. The van der Waals surface area contributed by atoms with Crippen molar-refractivity contribution in [3.05, 3.63) is 17.4 Å². The molecule has 2 rings (SSSR count). The largest absolute Gasteiger partial charge is 0.494 e. The highest BCUT2D eigenvalue weighted by molar-refractivity contribution is 7.91. The van der Waals surface area contributed by atoms with Gasteiger partial charge in [-0.2, -0.15) is 8.42 Å². The molecule has 1 aliphatic heterocycles. The number of methoxy groups -OCH3 is 2. The molecule has 1 aromatic carbocycles. The first kappa shape index (κ1) is 30.4. The van der Waals surface area contributed by atoms with Crippen molar-refractivity contribution in [3.8, 4) is 5.75 Å². The smallest absolute Gasteiger partial charge is 0.422 e. The van der Waals surface area contributed by atoms with Crippen molar-refractivity contribution in [2.75, 3.05) is 50.1 Å². The number of carbonyl (C=O) groups excluding carboxylic acids is 2. The Balaban J connectivity index is 2.56. The summed E-state index contributed by atoms with van der Waals surface area (Å²) in [5, 5.41) is 3.43. The molecule has 37 heavy (non-hydrogen) atoms. The number of nitrogens with zero attached hydrogens (tertiary/aromatic N) is 2. The van der Waals surface area contributed by atoms with Crippen LogP contribution in [0.3, 0.4) is 0 Å². The number of anilines is 2. The first-order valence-corrected chi connectivity index (χ1v) is 13.5. The summed E-state index contributed by atoms with van der Waals surface area (Å²) in [6.07, 6.45) is -0.0502. The summed E-state index contributed by atoms with van der Waals surface area (Å²) >= 11 is 0. The van der Waals surface area contributed by atoms with E-state index in [1.807, 2.05) is 4.90 Å². The van der Waals surface area contributed by atoms with Gasteiger partial charge in [-0.15, -0.1) is 0 Å². The Morgan fingerprint density at radius 1 is 1.27 bits per heavy atom. The molecule has 2 N–H and O–H groups in total. The maximum Gasteiger partial charge on any atom is 0.422 e. The molecule has 11 nitrogen and oxygen atoms in total. The van der Waals surface area contributed by atoms with Crippen molar-refractivity contribution in [1.82, 2.24) is 10.0 Å². The van der Waals surface area contributed by atoms with E-state index in [0.717, 1.165) is 20.1 Å². The molecule has 0 radical (unpaired) electrons. The zero-order valence-electron chi connectivity index (χ0n) is 22.8. The van der Waals surface area contributed by atoms with E-state index in [4.69, 9.17) is 9.47 Å². The van der Waals surface area contributed by atoms with Gasteiger partial charge in [0.15, 0.2) is 5.82 Å². The molecule has 0 bridgehead atoms. The quantitative estimate of drug-likeness (QED) is 0.426. The number of likely N-dealkylation sites (N-methyl/N-ethyl adjacent to an activating group) is 1. The molecule has 13 heteroatoms. The summed E-state index contributed by atoms with van der Waals surface area (Å²) in [6, 6.07) is 1.43. The van der Waals surface area contributed by atoms with Crippen molar-refractivity contribution in [2.45, 2.75) is 59.1 Å². The fourth-order valence-electron chi connectivity index (χ4n) is 3.94. The molecule has 0 saturated carbocycles. The number of rotatable bonds is 10. The van der Waals surface area contributed by atoms with Crippen LogP contribution < -0.4 is 24.0 Å². The Morgan fingerprint density at radius 3 is 2.46 bits per heavy atom. The standard InChI is InChI=1S/C24H39FN4O7S/c1-15(2)9-10-26-16-11-17-18(28(6)13-16)12-19(34-7)22(21(17)25)29(14-20(30)35-8)37(32,33)27-23(31)36-24(3,4)5/h12,15-16,26H,9-11,13-14H2,1-8H3,(H,27,31). The van der Waals surface area contributed by atoms with E-state index in [9.17, 15) is 18.0 Å². The lowest BCUT2D eigenvalue weighted by atomic mass is 9.96. The molecule has 1 amide bonds. The first-order valence-electron chi connectivity index (χ1n) is 12.0. The molecule has 0 spiro atoms. The van der Waals surface area contributed by atoms with Gasteiger partial charge in [0, 0.05) is 37.0 Å². The lowest BCUT2D eigenvalue weighted by Gasteiger charge is -2.36. The molecular weight excluding hydrogens is 507 g/mol. The number of benzene rings is 1. The summed E-state index contributed by atoms with van der Waals surface area (Å²) in [7, 11) is -0.695. The normalized spacial score (nSPS) is 15.7. The van der Waals surface area contributed by atoms with Gasteiger partial charge in [-0.3, -0.25) is 4.79 Å². The zero-order valence-corrected chi connectivity index (χ0v) is 23.6. The van der Waals surface area contributed by atoms with Gasteiger partial charge in [0.05, 0.1) is 14.2 Å². The number of ether oxygens (including phenoxy) is 3. The summed E-state index contributed by atoms with van der Waals surface area (Å²) < 4.78 is 59.9. The molecule has 1 aliphatic rings. The third kappa shape index (κ3) is 8.09.